The van der Waals surface area contributed by atoms with Crippen molar-refractivity contribution in [1.29, 1.82) is 0 Å². The van der Waals surface area contributed by atoms with Crippen LogP contribution in [-0.4, -0.2) is 35.8 Å². The molecule has 0 saturated heterocycles. The van der Waals surface area contributed by atoms with Crippen LogP contribution in [-0.2, 0) is 6.54 Å². The lowest BCUT2D eigenvalue weighted by atomic mass is 10.1. The third-order valence-electron chi connectivity index (χ3n) is 3.42. The first kappa shape index (κ1) is 23.0. The molecule has 2 aromatic rings. The van der Waals surface area contributed by atoms with Gasteiger partial charge in [-0.3, -0.25) is 4.98 Å². The number of ether oxygens (including phenoxy) is 1. The van der Waals surface area contributed by atoms with Gasteiger partial charge >= 0.3 is 6.61 Å². The molecule has 2 rings (SSSR count). The zero-order valence-electron chi connectivity index (χ0n) is 14.8. The van der Waals surface area contributed by atoms with Crippen LogP contribution in [0.1, 0.15) is 24.3 Å². The summed E-state index contributed by atoms with van der Waals surface area (Å²) in [6.45, 7) is 0.361. The number of benzene rings is 1. The van der Waals surface area contributed by atoms with Crippen LogP contribution in [0.25, 0.3) is 0 Å². The molecule has 1 aromatic heterocycles. The lowest BCUT2D eigenvalue weighted by Gasteiger charge is -2.16. The number of aromatic nitrogens is 1. The van der Waals surface area contributed by atoms with Crippen LogP contribution >= 0.6 is 24.0 Å². The standard InChI is InChI=1S/C18H22F2N4O2.HI/c1-2-21-18(23-11-14-5-3-4-10-22-14)24-12-16(25)13-6-8-15(9-7-13)26-17(19)20;/h3-10,16-17,25H,2,11-12H2,1H3,(H2,21,23,24);1H. The second-order valence-electron chi connectivity index (χ2n) is 5.36. The zero-order chi connectivity index (χ0) is 18.8. The predicted molar refractivity (Wildman–Crippen MR) is 111 cm³/mol. The van der Waals surface area contributed by atoms with Crippen molar-refractivity contribution >= 4 is 29.9 Å². The summed E-state index contributed by atoms with van der Waals surface area (Å²) in [6, 6.07) is 11.5. The van der Waals surface area contributed by atoms with Crippen molar-refractivity contribution in [3.8, 4) is 5.75 Å². The number of rotatable bonds is 8. The van der Waals surface area contributed by atoms with Gasteiger partial charge in [-0.15, -0.1) is 24.0 Å². The summed E-state index contributed by atoms with van der Waals surface area (Å²) in [5.41, 5.74) is 1.42. The van der Waals surface area contributed by atoms with Gasteiger partial charge in [0.2, 0.25) is 0 Å². The van der Waals surface area contributed by atoms with Crippen molar-refractivity contribution in [2.45, 2.75) is 26.2 Å². The van der Waals surface area contributed by atoms with Gasteiger partial charge in [0, 0.05) is 19.3 Å². The van der Waals surface area contributed by atoms with E-state index in [0.717, 1.165) is 5.69 Å². The quantitative estimate of drug-likeness (QED) is 0.300. The van der Waals surface area contributed by atoms with E-state index in [-0.39, 0.29) is 36.3 Å². The molecule has 0 aliphatic rings. The third-order valence-corrected chi connectivity index (χ3v) is 3.42. The van der Waals surface area contributed by atoms with Crippen LogP contribution in [0, 0.1) is 0 Å². The summed E-state index contributed by atoms with van der Waals surface area (Å²) >= 11 is 0. The number of nitrogens with one attached hydrogen (secondary N) is 2. The largest absolute Gasteiger partial charge is 0.435 e. The fourth-order valence-corrected chi connectivity index (χ4v) is 2.18. The lowest BCUT2D eigenvalue weighted by Crippen LogP contribution is -2.39. The minimum atomic E-state index is -2.87. The van der Waals surface area contributed by atoms with Crippen molar-refractivity contribution in [3.05, 3.63) is 59.9 Å². The molecule has 0 amide bonds. The molecule has 0 spiro atoms. The highest BCUT2D eigenvalue weighted by Gasteiger charge is 2.10. The second-order valence-corrected chi connectivity index (χ2v) is 5.36. The number of halogens is 3. The number of nitrogens with zero attached hydrogens (tertiary/aromatic N) is 2. The van der Waals surface area contributed by atoms with Crippen molar-refractivity contribution in [2.75, 3.05) is 13.1 Å². The molecule has 0 bridgehead atoms. The monoisotopic (exact) mass is 492 g/mol. The van der Waals surface area contributed by atoms with Gasteiger partial charge in [-0.25, -0.2) is 4.99 Å². The van der Waals surface area contributed by atoms with Crippen LogP contribution in [0.3, 0.4) is 0 Å². The molecule has 0 aliphatic heterocycles. The highest BCUT2D eigenvalue weighted by molar-refractivity contribution is 14.0. The molecule has 9 heteroatoms. The summed E-state index contributed by atoms with van der Waals surface area (Å²) < 4.78 is 28.6. The van der Waals surface area contributed by atoms with Crippen LogP contribution in [0.2, 0.25) is 0 Å². The van der Waals surface area contributed by atoms with E-state index in [1.54, 1.807) is 18.3 Å². The Labute approximate surface area is 174 Å². The van der Waals surface area contributed by atoms with Gasteiger partial charge in [0.25, 0.3) is 0 Å². The Morgan fingerprint density at radius 3 is 2.52 bits per heavy atom. The van der Waals surface area contributed by atoms with E-state index in [1.165, 1.54) is 12.1 Å². The Bertz CT molecular complexity index is 688. The van der Waals surface area contributed by atoms with Gasteiger partial charge < -0.3 is 20.5 Å². The van der Waals surface area contributed by atoms with Crippen LogP contribution in [0.4, 0.5) is 8.78 Å². The average Bonchev–Trinajstić information content (AvgIpc) is 2.64. The Kier molecular flexibility index (Phi) is 10.6. The highest BCUT2D eigenvalue weighted by Crippen LogP contribution is 2.18. The molecule has 0 fully saturated rings. The van der Waals surface area contributed by atoms with E-state index in [2.05, 4.69) is 25.3 Å². The molecule has 148 valence electrons. The van der Waals surface area contributed by atoms with Crippen molar-refractivity contribution < 1.29 is 18.6 Å². The summed E-state index contributed by atoms with van der Waals surface area (Å²) in [5.74, 6) is 0.601. The number of guanidine groups is 1. The molecule has 1 heterocycles. The second kappa shape index (κ2) is 12.4. The maximum atomic E-state index is 12.2. The van der Waals surface area contributed by atoms with Gasteiger partial charge in [0.1, 0.15) is 5.75 Å². The first-order valence-electron chi connectivity index (χ1n) is 8.23. The summed E-state index contributed by atoms with van der Waals surface area (Å²) in [6.07, 6.45) is 0.880. The zero-order valence-corrected chi connectivity index (χ0v) is 17.1. The molecule has 3 N–H and O–H groups in total. The van der Waals surface area contributed by atoms with E-state index < -0.39 is 12.7 Å². The molecule has 0 aliphatic carbocycles. The summed E-state index contributed by atoms with van der Waals surface area (Å²) in [4.78, 5) is 8.62. The average molecular weight is 492 g/mol. The molecule has 0 radical (unpaired) electrons. The van der Waals surface area contributed by atoms with E-state index in [0.29, 0.717) is 24.6 Å². The van der Waals surface area contributed by atoms with Gasteiger partial charge in [0.15, 0.2) is 5.96 Å². The Morgan fingerprint density at radius 2 is 1.93 bits per heavy atom. The van der Waals surface area contributed by atoms with E-state index in [1.807, 2.05) is 25.1 Å². The highest BCUT2D eigenvalue weighted by atomic mass is 127. The van der Waals surface area contributed by atoms with Crippen LogP contribution in [0.15, 0.2) is 53.7 Å². The maximum absolute atomic E-state index is 12.2. The Balaban J connectivity index is 0.00000364. The molecule has 0 saturated carbocycles. The van der Waals surface area contributed by atoms with Crippen molar-refractivity contribution in [2.24, 2.45) is 4.99 Å². The van der Waals surface area contributed by atoms with E-state index in [4.69, 9.17) is 0 Å². The number of aliphatic imine (C=N–C) groups is 1. The van der Waals surface area contributed by atoms with Gasteiger partial charge in [0.05, 0.1) is 18.3 Å². The summed E-state index contributed by atoms with van der Waals surface area (Å²) in [7, 11) is 0. The Hall–Kier alpha value is -2.01. The molecular formula is C18H23F2IN4O2. The number of pyridine rings is 1. The number of aliphatic hydroxyl groups is 1. The number of alkyl halides is 2. The third kappa shape index (κ3) is 8.48. The van der Waals surface area contributed by atoms with E-state index in [9.17, 15) is 13.9 Å². The van der Waals surface area contributed by atoms with Crippen LogP contribution < -0.4 is 15.4 Å². The SMILES string of the molecule is CCNC(=NCc1ccccn1)NCC(O)c1ccc(OC(F)F)cc1.I. The van der Waals surface area contributed by atoms with Gasteiger partial charge in [-0.1, -0.05) is 18.2 Å². The first-order valence-corrected chi connectivity index (χ1v) is 8.23. The van der Waals surface area contributed by atoms with Crippen molar-refractivity contribution in [1.82, 2.24) is 15.6 Å². The minimum Gasteiger partial charge on any atom is -0.435 e. The van der Waals surface area contributed by atoms with E-state index >= 15 is 0 Å². The fraction of sp³-hybridized carbons (Fsp3) is 0.333. The van der Waals surface area contributed by atoms with Crippen molar-refractivity contribution in [3.63, 3.8) is 0 Å². The van der Waals surface area contributed by atoms with Crippen LogP contribution in [0.5, 0.6) is 5.75 Å². The molecular weight excluding hydrogens is 469 g/mol. The predicted octanol–water partition coefficient (Wildman–Crippen LogP) is 3.09. The molecule has 27 heavy (non-hydrogen) atoms. The minimum absolute atomic E-state index is 0. The molecule has 1 unspecified atom stereocenters. The molecule has 1 aromatic carbocycles. The molecule has 6 nitrogen and oxygen atoms in total. The number of aliphatic hydroxyl groups excluding tert-OH is 1. The number of hydrogen-bond donors (Lipinski definition) is 3. The lowest BCUT2D eigenvalue weighted by molar-refractivity contribution is -0.0498. The normalized spacial score (nSPS) is 12.3. The first-order chi connectivity index (χ1) is 12.6. The maximum Gasteiger partial charge on any atom is 0.387 e. The van der Waals surface area contributed by atoms with Gasteiger partial charge in [-0.2, -0.15) is 8.78 Å². The summed E-state index contributed by atoms with van der Waals surface area (Å²) in [5, 5.41) is 16.4. The topological polar surface area (TPSA) is 78.8 Å². The smallest absolute Gasteiger partial charge is 0.387 e. The number of hydrogen-bond acceptors (Lipinski definition) is 4. The van der Waals surface area contributed by atoms with Gasteiger partial charge in [-0.05, 0) is 36.8 Å². The molecule has 1 atom stereocenters. The fourth-order valence-electron chi connectivity index (χ4n) is 2.18. The Morgan fingerprint density at radius 1 is 1.19 bits per heavy atom.